The van der Waals surface area contributed by atoms with Crippen molar-refractivity contribution < 1.29 is 14.3 Å². The van der Waals surface area contributed by atoms with Crippen LogP contribution >= 0.6 is 0 Å². The summed E-state index contributed by atoms with van der Waals surface area (Å²) in [6.07, 6.45) is 1.46. The normalized spacial score (nSPS) is 18.9. The highest BCUT2D eigenvalue weighted by atomic mass is 16.6. The molecule has 1 aromatic heterocycles. The Morgan fingerprint density at radius 1 is 1.38 bits per heavy atom. The van der Waals surface area contributed by atoms with Crippen LogP contribution < -0.4 is 0 Å². The van der Waals surface area contributed by atoms with Crippen LogP contribution in [0.2, 0.25) is 0 Å². The summed E-state index contributed by atoms with van der Waals surface area (Å²) in [7, 11) is 1.73. The molecule has 2 rings (SSSR count). The molecule has 21 heavy (non-hydrogen) atoms. The average molecular weight is 293 g/mol. The second-order valence-corrected chi connectivity index (χ2v) is 6.48. The zero-order valence-corrected chi connectivity index (χ0v) is 13.3. The van der Waals surface area contributed by atoms with E-state index in [0.717, 1.165) is 12.1 Å². The van der Waals surface area contributed by atoms with Crippen LogP contribution in [0.1, 0.15) is 49.8 Å². The minimum atomic E-state index is -0.544. The summed E-state index contributed by atoms with van der Waals surface area (Å²) >= 11 is 0. The minimum absolute atomic E-state index is 0.161. The lowest BCUT2D eigenvalue weighted by Gasteiger charge is -2.27. The summed E-state index contributed by atoms with van der Waals surface area (Å²) < 4.78 is 6.98. The highest BCUT2D eigenvalue weighted by Gasteiger charge is 2.38. The average Bonchev–Trinajstić information content (AvgIpc) is 2.92. The molecule has 0 N–H and O–H groups in total. The first-order valence-corrected chi connectivity index (χ1v) is 7.23. The number of carbonyl (C=O) groups excluding carboxylic acids is 2. The molecule has 1 aliphatic heterocycles. The van der Waals surface area contributed by atoms with Crippen LogP contribution in [0, 0.1) is 6.92 Å². The van der Waals surface area contributed by atoms with E-state index in [4.69, 9.17) is 4.74 Å². The predicted octanol–water partition coefficient (Wildman–Crippen LogP) is 1.67. The lowest BCUT2D eigenvalue weighted by molar-refractivity contribution is -0.159. The number of esters is 1. The Kier molecular flexibility index (Phi) is 4.07. The van der Waals surface area contributed by atoms with Gasteiger partial charge in [0.1, 0.15) is 17.3 Å². The molecular weight excluding hydrogens is 270 g/mol. The molecule has 1 atom stereocenters. The molecule has 2 heterocycles. The second-order valence-electron chi connectivity index (χ2n) is 6.48. The fourth-order valence-electron chi connectivity index (χ4n) is 2.58. The van der Waals surface area contributed by atoms with Gasteiger partial charge < -0.3 is 9.64 Å². The maximum atomic E-state index is 12.6. The quantitative estimate of drug-likeness (QED) is 0.778. The molecule has 1 aromatic rings. The van der Waals surface area contributed by atoms with Crippen molar-refractivity contribution in [2.45, 2.75) is 52.2 Å². The standard InChI is InChI=1S/C15H23N3O3/c1-10-9-12(17(5)16-10)13(19)18-8-6-7-11(18)14(20)21-15(2,3)4/h9,11H,6-8H2,1-5H3/t11-/m0/s1. The molecule has 0 bridgehead atoms. The summed E-state index contributed by atoms with van der Waals surface area (Å²) in [4.78, 5) is 26.5. The van der Waals surface area contributed by atoms with Crippen LogP contribution in [-0.2, 0) is 16.6 Å². The largest absolute Gasteiger partial charge is 0.458 e. The Morgan fingerprint density at radius 3 is 2.57 bits per heavy atom. The van der Waals surface area contributed by atoms with Gasteiger partial charge in [0.2, 0.25) is 0 Å². The summed E-state index contributed by atoms with van der Waals surface area (Å²) in [5.41, 5.74) is 0.745. The summed E-state index contributed by atoms with van der Waals surface area (Å²) in [6.45, 7) is 7.91. The maximum absolute atomic E-state index is 12.6. The molecule has 0 unspecified atom stereocenters. The fraction of sp³-hybridized carbons (Fsp3) is 0.667. The number of nitrogens with zero attached hydrogens (tertiary/aromatic N) is 3. The summed E-state index contributed by atoms with van der Waals surface area (Å²) in [5.74, 6) is -0.487. The van der Waals surface area contributed by atoms with E-state index in [1.807, 2.05) is 27.7 Å². The zero-order chi connectivity index (χ0) is 15.8. The molecule has 1 amide bonds. The third-order valence-electron chi connectivity index (χ3n) is 3.41. The molecule has 6 heteroatoms. The molecule has 0 radical (unpaired) electrons. The lowest BCUT2D eigenvalue weighted by atomic mass is 10.1. The van der Waals surface area contributed by atoms with Gasteiger partial charge in [-0.15, -0.1) is 0 Å². The second kappa shape index (κ2) is 5.50. The van der Waals surface area contributed by atoms with E-state index in [1.54, 1.807) is 22.7 Å². The SMILES string of the molecule is Cc1cc(C(=O)N2CCC[C@H]2C(=O)OC(C)(C)C)n(C)n1. The Morgan fingerprint density at radius 2 is 2.05 bits per heavy atom. The van der Waals surface area contributed by atoms with Gasteiger partial charge in [0.05, 0.1) is 5.69 Å². The molecule has 1 aliphatic rings. The lowest BCUT2D eigenvalue weighted by Crippen LogP contribution is -2.44. The number of hydrogen-bond acceptors (Lipinski definition) is 4. The maximum Gasteiger partial charge on any atom is 0.329 e. The van der Waals surface area contributed by atoms with Gasteiger partial charge in [0.25, 0.3) is 5.91 Å². The number of carbonyl (C=O) groups is 2. The Labute approximate surface area is 125 Å². The number of hydrogen-bond donors (Lipinski definition) is 0. The minimum Gasteiger partial charge on any atom is -0.458 e. The third kappa shape index (κ3) is 3.43. The molecular formula is C15H23N3O3. The molecule has 6 nitrogen and oxygen atoms in total. The topological polar surface area (TPSA) is 64.4 Å². The molecule has 0 aromatic carbocycles. The fourth-order valence-corrected chi connectivity index (χ4v) is 2.58. The Bertz CT molecular complexity index is 557. The van der Waals surface area contributed by atoms with Gasteiger partial charge in [0.15, 0.2) is 0 Å². The third-order valence-corrected chi connectivity index (χ3v) is 3.41. The van der Waals surface area contributed by atoms with Crippen molar-refractivity contribution in [3.8, 4) is 0 Å². The molecule has 116 valence electrons. The van der Waals surface area contributed by atoms with Crippen molar-refractivity contribution in [1.82, 2.24) is 14.7 Å². The number of amides is 1. The van der Waals surface area contributed by atoms with E-state index >= 15 is 0 Å². The van der Waals surface area contributed by atoms with Crippen molar-refractivity contribution >= 4 is 11.9 Å². The summed E-state index contributed by atoms with van der Waals surface area (Å²) in [6, 6.07) is 1.25. The molecule has 0 aliphatic carbocycles. The van der Waals surface area contributed by atoms with Crippen LogP contribution in [0.4, 0.5) is 0 Å². The summed E-state index contributed by atoms with van der Waals surface area (Å²) in [5, 5.41) is 4.19. The first-order chi connectivity index (χ1) is 9.69. The van der Waals surface area contributed by atoms with Crippen molar-refractivity contribution in [3.63, 3.8) is 0 Å². The van der Waals surface area contributed by atoms with Crippen LogP contribution in [0.3, 0.4) is 0 Å². The van der Waals surface area contributed by atoms with Crippen LogP contribution in [0.5, 0.6) is 0 Å². The van der Waals surface area contributed by atoms with Crippen LogP contribution in [0.25, 0.3) is 0 Å². The van der Waals surface area contributed by atoms with Crippen molar-refractivity contribution in [1.29, 1.82) is 0 Å². The van der Waals surface area contributed by atoms with Gasteiger partial charge >= 0.3 is 5.97 Å². The molecule has 1 fully saturated rings. The van der Waals surface area contributed by atoms with Gasteiger partial charge in [-0.05, 0) is 46.6 Å². The van der Waals surface area contributed by atoms with Gasteiger partial charge in [-0.3, -0.25) is 9.48 Å². The van der Waals surface area contributed by atoms with Crippen molar-refractivity contribution in [2.75, 3.05) is 6.54 Å². The van der Waals surface area contributed by atoms with E-state index in [0.29, 0.717) is 18.7 Å². The van der Waals surface area contributed by atoms with Crippen LogP contribution in [-0.4, -0.2) is 44.7 Å². The molecule has 1 saturated heterocycles. The van der Waals surface area contributed by atoms with E-state index in [2.05, 4.69) is 5.10 Å². The molecule has 0 saturated carbocycles. The Hall–Kier alpha value is -1.85. The number of aryl methyl sites for hydroxylation is 2. The number of aromatic nitrogens is 2. The van der Waals surface area contributed by atoms with Gasteiger partial charge in [-0.2, -0.15) is 5.10 Å². The van der Waals surface area contributed by atoms with Gasteiger partial charge in [-0.25, -0.2) is 4.79 Å². The number of likely N-dealkylation sites (tertiary alicyclic amines) is 1. The number of ether oxygens (including phenoxy) is 1. The first-order valence-electron chi connectivity index (χ1n) is 7.23. The van der Waals surface area contributed by atoms with E-state index in [9.17, 15) is 9.59 Å². The van der Waals surface area contributed by atoms with Crippen molar-refractivity contribution in [2.24, 2.45) is 7.05 Å². The molecule has 0 spiro atoms. The van der Waals surface area contributed by atoms with Gasteiger partial charge in [-0.1, -0.05) is 0 Å². The van der Waals surface area contributed by atoms with E-state index in [1.165, 1.54) is 0 Å². The smallest absolute Gasteiger partial charge is 0.329 e. The monoisotopic (exact) mass is 293 g/mol. The highest BCUT2D eigenvalue weighted by molar-refractivity contribution is 5.96. The highest BCUT2D eigenvalue weighted by Crippen LogP contribution is 2.23. The van der Waals surface area contributed by atoms with Crippen molar-refractivity contribution in [3.05, 3.63) is 17.5 Å². The van der Waals surface area contributed by atoms with Gasteiger partial charge in [0, 0.05) is 13.6 Å². The first kappa shape index (κ1) is 15.5. The van der Waals surface area contributed by atoms with E-state index in [-0.39, 0.29) is 11.9 Å². The predicted molar refractivity (Wildman–Crippen MR) is 77.8 cm³/mol. The number of rotatable bonds is 2. The Balaban J connectivity index is 2.17. The van der Waals surface area contributed by atoms with Crippen LogP contribution in [0.15, 0.2) is 6.07 Å². The van der Waals surface area contributed by atoms with E-state index < -0.39 is 11.6 Å². The zero-order valence-electron chi connectivity index (χ0n) is 13.3.